The van der Waals surface area contributed by atoms with Crippen molar-refractivity contribution in [3.63, 3.8) is 0 Å². The van der Waals surface area contributed by atoms with E-state index in [0.29, 0.717) is 5.57 Å². The summed E-state index contributed by atoms with van der Waals surface area (Å²) in [6.45, 7) is 8.12. The van der Waals surface area contributed by atoms with Crippen molar-refractivity contribution in [3.8, 4) is 0 Å². The van der Waals surface area contributed by atoms with Gasteiger partial charge in [0.1, 0.15) is 0 Å². The van der Waals surface area contributed by atoms with Crippen LogP contribution in [0.3, 0.4) is 0 Å². The summed E-state index contributed by atoms with van der Waals surface area (Å²) in [5.41, 5.74) is -5.83. The topological polar surface area (TPSA) is 347 Å². The van der Waals surface area contributed by atoms with Gasteiger partial charge in [-0.15, -0.1) is 0 Å². The normalized spacial score (nSPS) is 33.3. The van der Waals surface area contributed by atoms with Crippen molar-refractivity contribution < 1.29 is 79.2 Å². The third kappa shape index (κ3) is 9.17. The number of hydrogen-bond acceptors (Lipinski definition) is 12. The van der Waals surface area contributed by atoms with Crippen LogP contribution in [-0.2, 0) is 38.4 Å². The Kier molecular flexibility index (Phi) is 13.4. The van der Waals surface area contributed by atoms with Gasteiger partial charge >= 0.3 is 47.8 Å². The molecule has 348 valence electrons. The zero-order valence-electron chi connectivity index (χ0n) is 36.3. The number of carboxylic acids is 8. The van der Waals surface area contributed by atoms with E-state index in [1.807, 2.05) is 0 Å². The van der Waals surface area contributed by atoms with Crippen LogP contribution in [-0.4, -0.2) is 117 Å². The second-order valence-corrected chi connectivity index (χ2v) is 18.7. The maximum atomic E-state index is 13.0. The van der Waals surface area contributed by atoms with Crippen molar-refractivity contribution in [1.29, 1.82) is 0 Å². The lowest BCUT2D eigenvalue weighted by molar-refractivity contribution is -0.144. The number of fused-ring (bicyclic) bond motifs is 7. The van der Waals surface area contributed by atoms with Gasteiger partial charge in [0, 0.05) is 77.3 Å². The molecule has 0 aromatic carbocycles. The van der Waals surface area contributed by atoms with E-state index in [0.717, 1.165) is 0 Å². The Balaban J connectivity index is 1.98. The minimum Gasteiger partial charge on any atom is -0.481 e. The average molecular weight is 897 g/mol. The molecule has 64 heavy (non-hydrogen) atoms. The van der Waals surface area contributed by atoms with Crippen molar-refractivity contribution in [1.82, 2.24) is 10.6 Å². The van der Waals surface area contributed by atoms with Crippen molar-refractivity contribution in [2.75, 3.05) is 0 Å². The fraction of sp³-hybridized carbons (Fsp3) is 0.591. The standard InChI is InChI=1S/C44H56N4O16/c1-40(13-12-34(55)56)25(15-36(59)60)39-44(5)42(3,20-38(63)64)23(8-11-33(53)54)27(48-44)17-30-41(2,19-37(61)62)22(7-10-32(51)52)28(45-30)18-43(4)24(14-35(57)58)21(6-9-31(49)50)26(47-43)16-29(40)46-39/h16-17,23,25,39,46,48H,6-15,18-20H2,1-5H3,(H,49,50)(H,51,52)(H,53,54)(H,55,56)(H,57,58)(H,59,60)(H,61,62)(H,63,64)/b27-17-,29-16-/t23-,25+,39-,40-,41+,42+,43+,44+/m1/s1. The maximum Gasteiger partial charge on any atom is 0.307 e. The smallest absolute Gasteiger partial charge is 0.307 e. The average Bonchev–Trinajstić information content (AvgIpc) is 3.72. The molecule has 20 heteroatoms. The first-order valence-corrected chi connectivity index (χ1v) is 21.0. The van der Waals surface area contributed by atoms with Gasteiger partial charge in [0.2, 0.25) is 0 Å². The van der Waals surface area contributed by atoms with Gasteiger partial charge in [0.25, 0.3) is 0 Å². The zero-order valence-corrected chi connectivity index (χ0v) is 36.3. The van der Waals surface area contributed by atoms with E-state index < -0.39 is 144 Å². The summed E-state index contributed by atoms with van der Waals surface area (Å²) in [5.74, 6) is -12.0. The van der Waals surface area contributed by atoms with E-state index in [2.05, 4.69) is 10.6 Å². The molecule has 0 aliphatic carbocycles. The molecule has 2 fully saturated rings. The molecule has 0 radical (unpaired) electrons. The van der Waals surface area contributed by atoms with E-state index in [4.69, 9.17) is 9.98 Å². The highest BCUT2D eigenvalue weighted by Crippen LogP contribution is 2.61. The summed E-state index contributed by atoms with van der Waals surface area (Å²) in [4.78, 5) is 110. The van der Waals surface area contributed by atoms with Crippen LogP contribution in [0, 0.1) is 28.1 Å². The predicted molar refractivity (Wildman–Crippen MR) is 224 cm³/mol. The molecule has 0 aromatic heterocycles. The Bertz CT molecular complexity index is 2270. The summed E-state index contributed by atoms with van der Waals surface area (Å²) in [6.07, 6.45) is -2.20. The lowest BCUT2D eigenvalue weighted by Crippen LogP contribution is -2.63. The second kappa shape index (κ2) is 17.7. The molecule has 0 amide bonds. The van der Waals surface area contributed by atoms with E-state index in [1.165, 1.54) is 12.2 Å². The van der Waals surface area contributed by atoms with Crippen LogP contribution in [0.25, 0.3) is 0 Å². The summed E-state index contributed by atoms with van der Waals surface area (Å²) in [5, 5.41) is 88.4. The van der Waals surface area contributed by atoms with Crippen LogP contribution in [0.5, 0.6) is 0 Å². The summed E-state index contributed by atoms with van der Waals surface area (Å²) in [6, 6.07) is -1.07. The fourth-order valence-corrected chi connectivity index (χ4v) is 11.2. The molecular weight excluding hydrogens is 840 g/mol. The Labute approximate surface area is 367 Å². The Hall–Kier alpha value is -6.34. The molecule has 0 spiro atoms. The van der Waals surface area contributed by atoms with Crippen LogP contribution in [0.15, 0.2) is 55.9 Å². The molecule has 5 aliphatic rings. The molecule has 5 rings (SSSR count). The monoisotopic (exact) mass is 896 g/mol. The van der Waals surface area contributed by atoms with Gasteiger partial charge in [-0.3, -0.25) is 48.3 Å². The van der Waals surface area contributed by atoms with Gasteiger partial charge in [0.05, 0.1) is 54.2 Å². The second-order valence-electron chi connectivity index (χ2n) is 18.7. The predicted octanol–water partition coefficient (Wildman–Crippen LogP) is 4.32. The summed E-state index contributed by atoms with van der Waals surface area (Å²) >= 11 is 0. The first kappa shape index (κ1) is 48.7. The van der Waals surface area contributed by atoms with Crippen LogP contribution in [0.1, 0.15) is 118 Å². The molecule has 8 atom stereocenters. The van der Waals surface area contributed by atoms with Gasteiger partial charge < -0.3 is 51.5 Å². The number of nitrogens with one attached hydrogen (secondary N) is 2. The van der Waals surface area contributed by atoms with Crippen molar-refractivity contribution in [2.24, 2.45) is 38.1 Å². The van der Waals surface area contributed by atoms with E-state index in [9.17, 15) is 79.2 Å². The Morgan fingerprint density at radius 2 is 1.28 bits per heavy atom. The lowest BCUT2D eigenvalue weighted by atomic mass is 9.57. The van der Waals surface area contributed by atoms with Crippen LogP contribution in [0.4, 0.5) is 0 Å². The van der Waals surface area contributed by atoms with E-state index in [1.54, 1.807) is 34.6 Å². The number of carbonyl (C=O) groups is 8. The highest BCUT2D eigenvalue weighted by Gasteiger charge is 2.66. The summed E-state index contributed by atoms with van der Waals surface area (Å²) in [7, 11) is 0. The number of allylic oxidation sites excluding steroid dienone is 6. The van der Waals surface area contributed by atoms with Crippen LogP contribution in [0.2, 0.25) is 0 Å². The molecule has 5 aliphatic heterocycles. The van der Waals surface area contributed by atoms with Gasteiger partial charge in [-0.1, -0.05) is 13.8 Å². The van der Waals surface area contributed by atoms with Crippen molar-refractivity contribution in [3.05, 3.63) is 46.0 Å². The Morgan fingerprint density at radius 1 is 0.688 bits per heavy atom. The number of hydrogen-bond donors (Lipinski definition) is 10. The van der Waals surface area contributed by atoms with Gasteiger partial charge in [-0.25, -0.2) is 0 Å². The third-order valence-electron chi connectivity index (χ3n) is 14.5. The van der Waals surface area contributed by atoms with Gasteiger partial charge in [-0.05, 0) is 75.3 Å². The molecule has 5 heterocycles. The van der Waals surface area contributed by atoms with E-state index in [-0.39, 0.29) is 71.8 Å². The van der Waals surface area contributed by atoms with Crippen molar-refractivity contribution >= 4 is 59.2 Å². The Morgan fingerprint density at radius 3 is 1.83 bits per heavy atom. The molecule has 0 unspecified atom stereocenters. The van der Waals surface area contributed by atoms with Gasteiger partial charge in [-0.2, -0.15) is 0 Å². The zero-order chi connectivity index (χ0) is 47.9. The summed E-state index contributed by atoms with van der Waals surface area (Å²) < 4.78 is 0. The quantitative estimate of drug-likeness (QED) is 0.0813. The maximum absolute atomic E-state index is 13.0. The molecule has 20 nitrogen and oxygen atoms in total. The van der Waals surface area contributed by atoms with Crippen molar-refractivity contribution in [2.45, 2.75) is 135 Å². The fourth-order valence-electron chi connectivity index (χ4n) is 11.2. The first-order valence-electron chi connectivity index (χ1n) is 21.0. The largest absolute Gasteiger partial charge is 0.481 e. The highest BCUT2D eigenvalue weighted by molar-refractivity contribution is 6.12. The SMILES string of the molecule is C[C@@]1(CC(=O)O)C2=NC(=C1CCC(=O)O)C[C@]1(C)N=C(/C=C3\N[C@H]([C@H](CC(=O)O)[C@@]3(C)CCC(=O)O)[C@]3(C)N/C(=C\2)[C@@H](CCC(=O)O)[C@]3(C)CC(=O)O)C(CCC(=O)O)=C1CC(=O)O. The lowest BCUT2D eigenvalue weighted by Gasteiger charge is -2.48. The molecule has 0 saturated carbocycles. The minimum absolute atomic E-state index is 0.0946. The molecule has 8 bridgehead atoms. The number of aliphatic carboxylic acids is 8. The van der Waals surface area contributed by atoms with E-state index >= 15 is 0 Å². The number of rotatable bonds is 20. The van der Waals surface area contributed by atoms with Crippen LogP contribution < -0.4 is 10.6 Å². The minimum atomic E-state index is -1.55. The van der Waals surface area contributed by atoms with Crippen LogP contribution >= 0.6 is 0 Å². The molecule has 0 aromatic rings. The first-order chi connectivity index (χ1) is 29.6. The number of aliphatic imine (C=N–C) groups is 2. The third-order valence-corrected chi connectivity index (χ3v) is 14.5. The molecule has 2 saturated heterocycles. The van der Waals surface area contributed by atoms with Gasteiger partial charge in [0.15, 0.2) is 0 Å². The number of nitrogens with zero attached hydrogens (tertiary/aromatic N) is 2. The number of carboxylic acid groups (broad SMARTS) is 8. The molecular formula is C44H56N4O16. The highest BCUT2D eigenvalue weighted by atomic mass is 16.4. The molecule has 10 N–H and O–H groups in total.